The van der Waals surface area contributed by atoms with Crippen molar-refractivity contribution in [2.75, 3.05) is 26.1 Å². The lowest BCUT2D eigenvalue weighted by molar-refractivity contribution is -0.0808. The highest BCUT2D eigenvalue weighted by Gasteiger charge is 2.43. The van der Waals surface area contributed by atoms with E-state index in [4.69, 9.17) is 18.9 Å². The smallest absolute Gasteiger partial charge is 0.256 e. The predicted octanol–water partition coefficient (Wildman–Crippen LogP) is 5.94. The molecule has 2 aromatic heterocycles. The molecule has 3 heterocycles. The van der Waals surface area contributed by atoms with Gasteiger partial charge in [0.05, 0.1) is 26.9 Å². The van der Waals surface area contributed by atoms with Crippen LogP contribution in [0.1, 0.15) is 33.3 Å². The Morgan fingerprint density at radius 1 is 0.837 bits per heavy atom. The lowest BCUT2D eigenvalue weighted by Crippen LogP contribution is -2.36. The van der Waals surface area contributed by atoms with Gasteiger partial charge >= 0.3 is 0 Å². The van der Waals surface area contributed by atoms with Gasteiger partial charge in [-0.3, -0.25) is 4.79 Å². The Morgan fingerprint density at radius 3 is 2.04 bits per heavy atom. The number of hydrogen-bond donors (Lipinski definition) is 1. The van der Waals surface area contributed by atoms with E-state index in [1.54, 1.807) is 38.5 Å². The van der Waals surface area contributed by atoms with E-state index >= 15 is 4.39 Å². The van der Waals surface area contributed by atoms with Crippen LogP contribution >= 0.6 is 0 Å². The number of amides is 1. The molecule has 1 fully saturated rings. The maximum atomic E-state index is 15.8. The Morgan fingerprint density at radius 2 is 1.43 bits per heavy atom. The Labute approximate surface area is 281 Å². The molecule has 0 aliphatic carbocycles. The van der Waals surface area contributed by atoms with Crippen LogP contribution in [0.5, 0.6) is 11.5 Å². The molecule has 0 saturated carbocycles. The highest BCUT2D eigenvalue weighted by molar-refractivity contribution is 6.06. The number of ether oxygens (including phenoxy) is 4. The summed E-state index contributed by atoms with van der Waals surface area (Å²) < 4.78 is 41.0. The number of halogens is 1. The number of methoxy groups -OCH3 is 2. The molecule has 1 aliphatic heterocycles. The van der Waals surface area contributed by atoms with E-state index in [1.807, 2.05) is 84.9 Å². The van der Waals surface area contributed by atoms with Gasteiger partial charge in [0.15, 0.2) is 29.4 Å². The minimum Gasteiger partial charge on any atom is -0.497 e. The van der Waals surface area contributed by atoms with Crippen molar-refractivity contribution in [3.05, 3.63) is 144 Å². The molecule has 247 valence electrons. The number of alkyl halides is 1. The van der Waals surface area contributed by atoms with Gasteiger partial charge in [-0.15, -0.1) is 5.10 Å². The number of fused-ring (bicyclic) bond motifs is 1. The zero-order valence-electron chi connectivity index (χ0n) is 26.6. The van der Waals surface area contributed by atoms with Crippen LogP contribution in [0.3, 0.4) is 0 Å². The number of anilines is 1. The minimum absolute atomic E-state index is 0.0101. The molecular formula is C37H32FN6O5. The van der Waals surface area contributed by atoms with Gasteiger partial charge in [-0.2, -0.15) is 4.68 Å². The Balaban J connectivity index is 1.18. The van der Waals surface area contributed by atoms with E-state index < -0.39 is 24.1 Å². The van der Waals surface area contributed by atoms with Crippen LogP contribution in [0.25, 0.3) is 11.2 Å². The fourth-order valence-corrected chi connectivity index (χ4v) is 5.97. The fourth-order valence-electron chi connectivity index (χ4n) is 5.97. The predicted molar refractivity (Wildman–Crippen MR) is 179 cm³/mol. The Bertz CT molecular complexity index is 1980. The van der Waals surface area contributed by atoms with Gasteiger partial charge in [-0.05, 0) is 53.1 Å². The molecule has 7 rings (SSSR count). The Hall–Kier alpha value is -5.72. The van der Waals surface area contributed by atoms with Gasteiger partial charge in [0.25, 0.3) is 5.91 Å². The van der Waals surface area contributed by atoms with E-state index in [9.17, 15) is 4.79 Å². The molecule has 4 aromatic carbocycles. The molecule has 0 unspecified atom stereocenters. The van der Waals surface area contributed by atoms with Crippen molar-refractivity contribution in [1.29, 1.82) is 0 Å². The topological polar surface area (TPSA) is 123 Å². The largest absolute Gasteiger partial charge is 0.497 e. The number of carbonyl (C=O) groups is 1. The highest BCUT2D eigenvalue weighted by atomic mass is 19.1. The number of carbonyl (C=O) groups excluding carboxylic acids is 1. The first kappa shape index (κ1) is 31.9. The van der Waals surface area contributed by atoms with Gasteiger partial charge in [-0.25, -0.2) is 14.4 Å². The molecule has 1 amide bonds. The van der Waals surface area contributed by atoms with Crippen LogP contribution in [0.15, 0.2) is 116 Å². The number of nitrogens with one attached hydrogen (secondary N) is 1. The van der Waals surface area contributed by atoms with Crippen molar-refractivity contribution in [2.24, 2.45) is 0 Å². The molecule has 0 spiro atoms. The number of rotatable bonds is 11. The van der Waals surface area contributed by atoms with Crippen LogP contribution in [-0.4, -0.2) is 64.0 Å². The summed E-state index contributed by atoms with van der Waals surface area (Å²) in [5.41, 5.74) is 2.26. The standard InChI is InChI=1S/C37H32FN6O5/c1-46-28-17-13-26(14-18-28)37(25-11-7-4-8-12-25,27-15-19-29(47-2)20-16-27)48-22-30-21-31(38)36(49-30)44-34-32(42-43-44)33(39-23-40-34)41-35(45)24-9-5-3-6-10-24/h3-21,23,30-31,36H,22H2,1-2H3,(H,39,40,41,45)/t30-,31-,36-/m1/s1. The summed E-state index contributed by atoms with van der Waals surface area (Å²) in [5, 5.41) is 11.1. The number of aromatic nitrogens is 5. The third kappa shape index (κ3) is 6.19. The lowest BCUT2D eigenvalue weighted by Gasteiger charge is -2.36. The number of hydrogen-bond acceptors (Lipinski definition) is 9. The summed E-state index contributed by atoms with van der Waals surface area (Å²) in [4.78, 5) is 21.3. The van der Waals surface area contributed by atoms with Crippen molar-refractivity contribution in [3.63, 3.8) is 0 Å². The second-order valence-electron chi connectivity index (χ2n) is 11.3. The van der Waals surface area contributed by atoms with E-state index in [0.717, 1.165) is 16.7 Å². The first-order valence-electron chi connectivity index (χ1n) is 15.6. The van der Waals surface area contributed by atoms with E-state index in [0.29, 0.717) is 17.1 Å². The van der Waals surface area contributed by atoms with Crippen LogP contribution in [0.4, 0.5) is 10.2 Å². The van der Waals surface area contributed by atoms with Crippen LogP contribution in [0.2, 0.25) is 0 Å². The van der Waals surface area contributed by atoms with Crippen LogP contribution in [0, 0.1) is 6.42 Å². The molecule has 6 aromatic rings. The molecule has 0 bridgehead atoms. The molecular weight excluding hydrogens is 627 g/mol. The molecule has 1 aliphatic rings. The average Bonchev–Trinajstić information content (AvgIpc) is 3.76. The monoisotopic (exact) mass is 659 g/mol. The third-order valence-electron chi connectivity index (χ3n) is 8.39. The van der Waals surface area contributed by atoms with Crippen molar-refractivity contribution in [3.8, 4) is 11.5 Å². The van der Waals surface area contributed by atoms with E-state index in [2.05, 4.69) is 25.6 Å². The van der Waals surface area contributed by atoms with Gasteiger partial charge in [-0.1, -0.05) is 78.0 Å². The summed E-state index contributed by atoms with van der Waals surface area (Å²) >= 11 is 0. The second kappa shape index (κ2) is 13.8. The summed E-state index contributed by atoms with van der Waals surface area (Å²) in [6, 6.07) is 33.8. The first-order valence-corrected chi connectivity index (χ1v) is 15.6. The zero-order chi connectivity index (χ0) is 33.8. The van der Waals surface area contributed by atoms with Crippen molar-refractivity contribution in [2.45, 2.75) is 24.1 Å². The fraction of sp³-hybridized carbons (Fsp3) is 0.189. The van der Waals surface area contributed by atoms with Gasteiger partial charge in [0.2, 0.25) is 0 Å². The van der Waals surface area contributed by atoms with E-state index in [-0.39, 0.29) is 29.5 Å². The zero-order valence-corrected chi connectivity index (χ0v) is 26.6. The quantitative estimate of drug-likeness (QED) is 0.168. The summed E-state index contributed by atoms with van der Waals surface area (Å²) in [6.45, 7) is -0.0101. The van der Waals surface area contributed by atoms with Gasteiger partial charge in [0.1, 0.15) is 23.4 Å². The SMILES string of the molecule is COc1ccc(C(OC[C@H]2[CH][C@@H](F)[C@H](n3nnc4c(NC(=O)c5ccccc5)ncnc43)O2)(c2ccccc2)c2ccc(OC)cc2)cc1. The van der Waals surface area contributed by atoms with Crippen molar-refractivity contribution >= 4 is 22.9 Å². The molecule has 49 heavy (non-hydrogen) atoms. The summed E-state index contributed by atoms with van der Waals surface area (Å²) in [7, 11) is 3.23. The number of benzene rings is 4. The second-order valence-corrected chi connectivity index (χ2v) is 11.3. The van der Waals surface area contributed by atoms with Gasteiger partial charge < -0.3 is 24.3 Å². The van der Waals surface area contributed by atoms with Crippen LogP contribution in [-0.2, 0) is 15.1 Å². The normalized spacial score (nSPS) is 17.6. The van der Waals surface area contributed by atoms with Crippen LogP contribution < -0.4 is 14.8 Å². The first-order chi connectivity index (χ1) is 24.0. The van der Waals surface area contributed by atoms with Crippen molar-refractivity contribution < 1.29 is 28.1 Å². The molecule has 12 heteroatoms. The van der Waals surface area contributed by atoms with E-state index in [1.165, 1.54) is 17.4 Å². The highest BCUT2D eigenvalue weighted by Crippen LogP contribution is 2.43. The minimum atomic E-state index is -1.57. The average molecular weight is 660 g/mol. The third-order valence-corrected chi connectivity index (χ3v) is 8.39. The Kier molecular flexibility index (Phi) is 8.97. The molecule has 1 saturated heterocycles. The molecule has 11 nitrogen and oxygen atoms in total. The lowest BCUT2D eigenvalue weighted by atomic mass is 9.80. The summed E-state index contributed by atoms with van der Waals surface area (Å²) in [6.07, 6.45) is -0.816. The van der Waals surface area contributed by atoms with Gasteiger partial charge in [0, 0.05) is 12.0 Å². The molecule has 3 atom stereocenters. The molecule has 1 N–H and O–H groups in total. The number of nitrogens with zero attached hydrogens (tertiary/aromatic N) is 5. The molecule has 1 radical (unpaired) electrons. The summed E-state index contributed by atoms with van der Waals surface area (Å²) in [5.74, 6) is 1.16. The maximum Gasteiger partial charge on any atom is 0.256 e. The maximum absolute atomic E-state index is 15.8. The van der Waals surface area contributed by atoms with Crippen molar-refractivity contribution in [1.82, 2.24) is 25.0 Å².